The zero-order chi connectivity index (χ0) is 56.1. The first kappa shape index (κ1) is 62.1. The third kappa shape index (κ3) is 20.2. The van der Waals surface area contributed by atoms with Crippen LogP contribution in [0.15, 0.2) is 12.5 Å². The van der Waals surface area contributed by atoms with Crippen molar-refractivity contribution in [1.29, 1.82) is 0 Å². The molecule has 0 bridgehead atoms. The Morgan fingerprint density at radius 1 is 0.667 bits per heavy atom. The third-order valence-electron chi connectivity index (χ3n) is 12.3. The molecule has 2 saturated heterocycles. The maximum atomic E-state index is 13.5. The summed E-state index contributed by atoms with van der Waals surface area (Å²) < 4.78 is 0. The van der Waals surface area contributed by atoms with Crippen molar-refractivity contribution in [3.05, 3.63) is 18.2 Å². The minimum atomic E-state index is -1.60. The average Bonchev–Trinajstić information content (AvgIpc) is 4.16. The third-order valence-corrected chi connectivity index (χ3v) is 12.3. The van der Waals surface area contributed by atoms with E-state index in [4.69, 9.17) is 11.5 Å². The number of amides is 11. The smallest absolute Gasteiger partial charge is 0.326 e. The Hall–Kier alpha value is -7.23. The molecule has 15 N–H and O–H groups in total. The van der Waals surface area contributed by atoms with Crippen LogP contribution in [0.1, 0.15) is 98.6 Å². The van der Waals surface area contributed by atoms with Crippen LogP contribution in [0.25, 0.3) is 0 Å². The van der Waals surface area contributed by atoms with Crippen molar-refractivity contribution in [2.75, 3.05) is 39.3 Å². The van der Waals surface area contributed by atoms with Crippen LogP contribution < -0.4 is 54.0 Å². The second-order valence-electron chi connectivity index (χ2n) is 19.9. The molecule has 1 aromatic heterocycles. The van der Waals surface area contributed by atoms with Gasteiger partial charge in [-0.3, -0.25) is 52.7 Å². The highest BCUT2D eigenvalue weighted by atomic mass is 16.4. The number of H-pyrrole nitrogens is 1. The molecule has 11 amide bonds. The van der Waals surface area contributed by atoms with E-state index in [9.17, 15) is 67.7 Å². The molecule has 0 saturated carbocycles. The number of aliphatic hydroxyl groups excluding tert-OH is 1. The first-order valence-electron chi connectivity index (χ1n) is 25.1. The lowest BCUT2D eigenvalue weighted by Gasteiger charge is -2.28. The Bertz CT molecular complexity index is 2190. The number of aliphatic hydroxyl groups is 1. The standard InChI is InChI=1S/C47H76N14O14/c1-24(2)15-29(57-43(70)33-9-7-13-60(33)45(72)28(48)11-12-35(49)63)40(67)51-21-38(66)59-39(26(5)6)44(71)53-20-36(64)55-30(16-25(3)4)42(69)58-32(22-62)41(68)52-19-37(65)56-31(17-27-18-50-23-54-27)46(73)61-14-8-10-34(61)47(74)75/h18,23-26,28-34,39,62H,7-17,19-22,48H2,1-6H3,(H2,49,63)(H,50,54)(H,51,67)(H,52,68)(H,53,71)(H,55,64)(H,56,65)(H,57,70)(H,58,69)(H,59,66)(H,74,75)/t28-,29-,30-,31-,32-,33-,34-,39-/m0/s1. The quantitative estimate of drug-likeness (QED) is 0.0344. The van der Waals surface area contributed by atoms with Crippen LogP contribution in [0.3, 0.4) is 0 Å². The average molecular weight is 1060 g/mol. The summed E-state index contributed by atoms with van der Waals surface area (Å²) in [6, 6.07) is -9.46. The molecule has 3 heterocycles. The highest BCUT2D eigenvalue weighted by Crippen LogP contribution is 2.21. The molecule has 0 spiro atoms. The largest absolute Gasteiger partial charge is 0.480 e. The zero-order valence-electron chi connectivity index (χ0n) is 43.4. The molecule has 28 nitrogen and oxygen atoms in total. The number of nitrogens with one attached hydrogen (secondary N) is 9. The summed E-state index contributed by atoms with van der Waals surface area (Å²) in [6.45, 7) is 7.91. The highest BCUT2D eigenvalue weighted by Gasteiger charge is 2.40. The van der Waals surface area contributed by atoms with E-state index in [1.165, 1.54) is 22.3 Å². The molecule has 2 aliphatic rings. The van der Waals surface area contributed by atoms with Gasteiger partial charge in [0.1, 0.15) is 42.3 Å². The number of carbonyl (C=O) groups is 12. The minimum absolute atomic E-state index is 0.00422. The summed E-state index contributed by atoms with van der Waals surface area (Å²) in [4.78, 5) is 165. The van der Waals surface area contributed by atoms with Crippen LogP contribution in [-0.2, 0) is 64.0 Å². The SMILES string of the molecule is CC(C)C[C@H](NC(=O)CNC(=O)[C@@H](NC(=O)CNC(=O)[C@H](CC(C)C)NC(=O)[C@@H]1CCCN1C(=O)[C@@H](N)CCC(N)=O)C(C)C)C(=O)N[C@@H](CO)C(=O)NCC(=O)N[C@@H](Cc1cnc[nH]1)C(=O)N1CCC[C@H]1C(=O)O. The van der Waals surface area contributed by atoms with Crippen LogP contribution in [0.4, 0.5) is 0 Å². The highest BCUT2D eigenvalue weighted by molar-refractivity contribution is 5.97. The van der Waals surface area contributed by atoms with Crippen LogP contribution in [0.2, 0.25) is 0 Å². The number of hydrogen-bond acceptors (Lipinski definition) is 15. The Kier molecular flexibility index (Phi) is 25.0. The van der Waals surface area contributed by atoms with Gasteiger partial charge in [-0.1, -0.05) is 41.5 Å². The van der Waals surface area contributed by atoms with Gasteiger partial charge in [0.2, 0.25) is 65.0 Å². The normalized spacial score (nSPS) is 17.7. The topological polar surface area (TPSA) is 429 Å². The van der Waals surface area contributed by atoms with Gasteiger partial charge >= 0.3 is 5.97 Å². The Balaban J connectivity index is 1.54. The fraction of sp³-hybridized carbons (Fsp3) is 0.681. The lowest BCUT2D eigenvalue weighted by atomic mass is 10.0. The van der Waals surface area contributed by atoms with Crippen molar-refractivity contribution >= 4 is 70.9 Å². The number of primary amides is 1. The van der Waals surface area contributed by atoms with Gasteiger partial charge < -0.3 is 79.0 Å². The van der Waals surface area contributed by atoms with Gasteiger partial charge in [-0.25, -0.2) is 9.78 Å². The number of carboxylic acid groups (broad SMARTS) is 1. The Morgan fingerprint density at radius 2 is 1.17 bits per heavy atom. The molecule has 0 aromatic carbocycles. The zero-order valence-corrected chi connectivity index (χ0v) is 43.4. The number of hydrogen-bond donors (Lipinski definition) is 13. The van der Waals surface area contributed by atoms with Gasteiger partial charge in [-0.2, -0.15) is 0 Å². The predicted octanol–water partition coefficient (Wildman–Crippen LogP) is -4.88. The summed E-state index contributed by atoms with van der Waals surface area (Å²) >= 11 is 0. The van der Waals surface area contributed by atoms with Crippen LogP contribution in [-0.4, -0.2) is 189 Å². The molecule has 0 aliphatic carbocycles. The number of aromatic nitrogens is 2. The number of nitrogens with two attached hydrogens (primary N) is 2. The van der Waals surface area contributed by atoms with E-state index in [0.29, 0.717) is 25.0 Å². The lowest BCUT2D eigenvalue weighted by Crippen LogP contribution is -2.58. The molecule has 8 atom stereocenters. The van der Waals surface area contributed by atoms with E-state index >= 15 is 0 Å². The molecule has 0 unspecified atom stereocenters. The van der Waals surface area contributed by atoms with Crippen LogP contribution in [0, 0.1) is 17.8 Å². The lowest BCUT2D eigenvalue weighted by molar-refractivity contribution is -0.149. The summed E-state index contributed by atoms with van der Waals surface area (Å²) in [5.41, 5.74) is 11.6. The number of aromatic amines is 1. The summed E-state index contributed by atoms with van der Waals surface area (Å²) in [5.74, 6) is -10.2. The Labute approximate surface area is 434 Å². The van der Waals surface area contributed by atoms with E-state index in [-0.39, 0.29) is 63.5 Å². The molecule has 28 heteroatoms. The molecule has 3 rings (SSSR count). The first-order valence-corrected chi connectivity index (χ1v) is 25.1. The van der Waals surface area contributed by atoms with Gasteiger partial charge in [-0.15, -0.1) is 0 Å². The predicted molar refractivity (Wildman–Crippen MR) is 265 cm³/mol. The molecular formula is C47H76N14O14. The second kappa shape index (κ2) is 30.2. The maximum Gasteiger partial charge on any atom is 0.326 e. The van der Waals surface area contributed by atoms with E-state index in [1.54, 1.807) is 27.7 Å². The number of rotatable bonds is 30. The maximum absolute atomic E-state index is 13.5. The van der Waals surface area contributed by atoms with Crippen LogP contribution >= 0.6 is 0 Å². The molecule has 1 aromatic rings. The number of carbonyl (C=O) groups excluding carboxylic acids is 11. The number of aliphatic carboxylic acids is 1. The van der Waals surface area contributed by atoms with Crippen molar-refractivity contribution in [3.8, 4) is 0 Å². The molecule has 2 fully saturated rings. The van der Waals surface area contributed by atoms with Gasteiger partial charge in [0.15, 0.2) is 0 Å². The fourth-order valence-corrected chi connectivity index (χ4v) is 8.49. The molecular weight excluding hydrogens is 985 g/mol. The van der Waals surface area contributed by atoms with Gasteiger partial charge in [0.25, 0.3) is 0 Å². The molecule has 418 valence electrons. The summed E-state index contributed by atoms with van der Waals surface area (Å²) in [7, 11) is 0. The van der Waals surface area contributed by atoms with Crippen molar-refractivity contribution in [3.63, 3.8) is 0 Å². The first-order chi connectivity index (χ1) is 35.3. The summed E-state index contributed by atoms with van der Waals surface area (Å²) in [6.07, 6.45) is 4.34. The number of carboxylic acids is 1. The molecule has 75 heavy (non-hydrogen) atoms. The van der Waals surface area contributed by atoms with Crippen molar-refractivity contribution in [1.82, 2.24) is 62.3 Å². The fourth-order valence-electron chi connectivity index (χ4n) is 8.49. The van der Waals surface area contributed by atoms with E-state index in [0.717, 1.165) is 0 Å². The number of nitrogens with zero attached hydrogens (tertiary/aromatic N) is 3. The monoisotopic (exact) mass is 1060 g/mol. The molecule has 0 radical (unpaired) electrons. The number of imidazole rings is 1. The van der Waals surface area contributed by atoms with Gasteiger partial charge in [0, 0.05) is 37.8 Å². The summed E-state index contributed by atoms with van der Waals surface area (Å²) in [5, 5.41) is 39.4. The molecule has 2 aliphatic heterocycles. The second-order valence-corrected chi connectivity index (χ2v) is 19.9. The van der Waals surface area contributed by atoms with E-state index in [2.05, 4.69) is 52.5 Å². The van der Waals surface area contributed by atoms with Crippen LogP contribution in [0.5, 0.6) is 0 Å². The number of likely N-dealkylation sites (tertiary alicyclic amines) is 2. The Morgan fingerprint density at radius 3 is 1.68 bits per heavy atom. The van der Waals surface area contributed by atoms with Crippen molar-refractivity contribution in [2.45, 2.75) is 148 Å². The van der Waals surface area contributed by atoms with Crippen molar-refractivity contribution < 1.29 is 67.7 Å². The van der Waals surface area contributed by atoms with Gasteiger partial charge in [0.05, 0.1) is 38.6 Å². The van der Waals surface area contributed by atoms with Crippen molar-refractivity contribution in [2.24, 2.45) is 29.2 Å². The van der Waals surface area contributed by atoms with E-state index in [1.807, 2.05) is 13.8 Å². The van der Waals surface area contributed by atoms with E-state index < -0.39 is 151 Å². The van der Waals surface area contributed by atoms with Gasteiger partial charge in [-0.05, 0) is 62.7 Å². The minimum Gasteiger partial charge on any atom is -0.480 e.